The van der Waals surface area contributed by atoms with Gasteiger partial charge in [-0.3, -0.25) is 0 Å². The second kappa shape index (κ2) is 6.51. The van der Waals surface area contributed by atoms with Crippen molar-refractivity contribution in [1.82, 2.24) is 9.97 Å². The van der Waals surface area contributed by atoms with Crippen molar-refractivity contribution < 1.29 is 9.90 Å². The highest BCUT2D eigenvalue weighted by Crippen LogP contribution is 2.29. The number of carboxylic acids is 1. The Bertz CT molecular complexity index is 762. The molecule has 0 radical (unpaired) electrons. The maximum Gasteiger partial charge on any atom is 0.346 e. The van der Waals surface area contributed by atoms with Gasteiger partial charge in [0.15, 0.2) is 0 Å². The highest BCUT2D eigenvalue weighted by molar-refractivity contribution is 7.98. The van der Waals surface area contributed by atoms with Crippen molar-refractivity contribution in [2.24, 2.45) is 0 Å². The molecule has 0 saturated heterocycles. The summed E-state index contributed by atoms with van der Waals surface area (Å²) in [7, 11) is 0. The molecule has 0 saturated carbocycles. The molecule has 2 N–H and O–H groups in total. The Kier molecular flexibility index (Phi) is 4.92. The van der Waals surface area contributed by atoms with E-state index in [1.165, 1.54) is 6.92 Å². The molecule has 8 heteroatoms. The van der Waals surface area contributed by atoms with Crippen LogP contribution in [0.1, 0.15) is 21.6 Å². The average molecular weight is 345 g/mol. The second-order valence-corrected chi connectivity index (χ2v) is 5.98. The van der Waals surface area contributed by atoms with Crippen LogP contribution in [0.25, 0.3) is 0 Å². The van der Waals surface area contributed by atoms with Crippen molar-refractivity contribution in [2.45, 2.75) is 17.7 Å². The third kappa shape index (κ3) is 3.78. The SMILES string of the molecule is Cc1[nH]c(=O)nc(SCc2cc(Cl)ccc2Cl)c1C(=O)O. The summed E-state index contributed by atoms with van der Waals surface area (Å²) < 4.78 is 0. The van der Waals surface area contributed by atoms with Crippen molar-refractivity contribution >= 4 is 40.9 Å². The Hall–Kier alpha value is -1.50. The predicted octanol–water partition coefficient (Wildman–Crippen LogP) is 3.38. The molecule has 0 spiro atoms. The van der Waals surface area contributed by atoms with Gasteiger partial charge in [0.25, 0.3) is 0 Å². The van der Waals surface area contributed by atoms with Crippen molar-refractivity contribution in [3.8, 4) is 0 Å². The highest BCUT2D eigenvalue weighted by atomic mass is 35.5. The Balaban J connectivity index is 2.34. The van der Waals surface area contributed by atoms with E-state index in [1.807, 2.05) is 0 Å². The van der Waals surface area contributed by atoms with Gasteiger partial charge in [-0.1, -0.05) is 23.2 Å². The smallest absolute Gasteiger partial charge is 0.346 e. The topological polar surface area (TPSA) is 83.0 Å². The molecule has 2 rings (SSSR count). The number of nitrogens with one attached hydrogen (secondary N) is 1. The fourth-order valence-corrected chi connectivity index (χ4v) is 3.24. The summed E-state index contributed by atoms with van der Waals surface area (Å²) in [5.41, 5.74) is 0.405. The van der Waals surface area contributed by atoms with E-state index in [0.29, 0.717) is 15.8 Å². The van der Waals surface area contributed by atoms with E-state index in [9.17, 15) is 14.7 Å². The summed E-state index contributed by atoms with van der Waals surface area (Å²) in [6.45, 7) is 1.52. The van der Waals surface area contributed by atoms with Crippen LogP contribution in [0.3, 0.4) is 0 Å². The molecule has 2 aromatic rings. The number of aromatic amines is 1. The number of H-pyrrole nitrogens is 1. The van der Waals surface area contributed by atoms with Gasteiger partial charge in [0.1, 0.15) is 10.6 Å². The molecule has 1 aromatic carbocycles. The molecule has 0 unspecified atom stereocenters. The van der Waals surface area contributed by atoms with Gasteiger partial charge in [0.05, 0.1) is 0 Å². The quantitative estimate of drug-likeness (QED) is 0.656. The fourth-order valence-electron chi connectivity index (χ4n) is 1.72. The Morgan fingerprint density at radius 1 is 1.43 bits per heavy atom. The summed E-state index contributed by atoms with van der Waals surface area (Å²) in [5, 5.41) is 10.4. The van der Waals surface area contributed by atoms with Gasteiger partial charge in [0.2, 0.25) is 0 Å². The van der Waals surface area contributed by atoms with Crippen LogP contribution in [0.4, 0.5) is 0 Å². The standard InChI is InChI=1S/C13H10Cl2N2O3S/c1-6-10(12(18)19)11(17-13(20)16-6)21-5-7-4-8(14)2-3-9(7)15/h2-4H,5H2,1H3,(H,18,19)(H,16,17,20). The van der Waals surface area contributed by atoms with Crippen LogP contribution < -0.4 is 5.69 Å². The number of thioether (sulfide) groups is 1. The number of hydrogen-bond donors (Lipinski definition) is 2. The lowest BCUT2D eigenvalue weighted by Gasteiger charge is -2.08. The van der Waals surface area contributed by atoms with Crippen molar-refractivity contribution in [1.29, 1.82) is 0 Å². The van der Waals surface area contributed by atoms with Gasteiger partial charge in [-0.25, -0.2) is 9.59 Å². The first-order valence-corrected chi connectivity index (χ1v) is 7.53. The van der Waals surface area contributed by atoms with Crippen LogP contribution >= 0.6 is 35.0 Å². The lowest BCUT2D eigenvalue weighted by atomic mass is 10.2. The zero-order valence-corrected chi connectivity index (χ0v) is 13.1. The highest BCUT2D eigenvalue weighted by Gasteiger charge is 2.17. The van der Waals surface area contributed by atoms with E-state index in [-0.39, 0.29) is 16.3 Å². The number of aromatic nitrogens is 2. The van der Waals surface area contributed by atoms with Crippen molar-refractivity contribution in [3.63, 3.8) is 0 Å². The zero-order chi connectivity index (χ0) is 15.6. The zero-order valence-electron chi connectivity index (χ0n) is 10.8. The van der Waals surface area contributed by atoms with Gasteiger partial charge >= 0.3 is 11.7 Å². The number of carbonyl (C=O) groups is 1. The van der Waals surface area contributed by atoms with Crippen LogP contribution in [0.2, 0.25) is 10.0 Å². The van der Waals surface area contributed by atoms with Crippen molar-refractivity contribution in [3.05, 3.63) is 55.5 Å². The monoisotopic (exact) mass is 344 g/mol. The van der Waals surface area contributed by atoms with Crippen LogP contribution in [0, 0.1) is 6.92 Å². The second-order valence-electron chi connectivity index (χ2n) is 4.18. The van der Waals surface area contributed by atoms with Gasteiger partial charge < -0.3 is 10.1 Å². The minimum Gasteiger partial charge on any atom is -0.478 e. The number of aryl methyl sites for hydroxylation is 1. The van der Waals surface area contributed by atoms with Gasteiger partial charge in [-0.05, 0) is 30.7 Å². The van der Waals surface area contributed by atoms with E-state index in [1.54, 1.807) is 18.2 Å². The van der Waals surface area contributed by atoms with E-state index in [2.05, 4.69) is 9.97 Å². The van der Waals surface area contributed by atoms with Crippen LogP contribution in [0.5, 0.6) is 0 Å². The number of aromatic carboxylic acids is 1. The number of carboxylic acid groups (broad SMARTS) is 1. The first-order valence-electron chi connectivity index (χ1n) is 5.79. The Morgan fingerprint density at radius 3 is 2.81 bits per heavy atom. The number of halogens is 2. The molecule has 21 heavy (non-hydrogen) atoms. The lowest BCUT2D eigenvalue weighted by Crippen LogP contribution is -2.18. The third-order valence-electron chi connectivity index (χ3n) is 2.67. The Morgan fingerprint density at radius 2 is 2.14 bits per heavy atom. The van der Waals surface area contributed by atoms with Gasteiger partial charge in [-0.2, -0.15) is 4.98 Å². The maximum absolute atomic E-state index is 11.4. The molecule has 1 heterocycles. The first-order chi connectivity index (χ1) is 9.88. The summed E-state index contributed by atoms with van der Waals surface area (Å²) in [6.07, 6.45) is 0. The molecule has 0 amide bonds. The minimum absolute atomic E-state index is 0.0160. The molecule has 0 bridgehead atoms. The van der Waals surface area contributed by atoms with Crippen molar-refractivity contribution in [2.75, 3.05) is 0 Å². The number of nitrogens with zero attached hydrogens (tertiary/aromatic N) is 1. The molecule has 0 atom stereocenters. The summed E-state index contributed by atoms with van der Waals surface area (Å²) in [5.74, 6) is -0.786. The molecular weight excluding hydrogens is 335 g/mol. The summed E-state index contributed by atoms with van der Waals surface area (Å²) in [6, 6.07) is 5.02. The van der Waals surface area contributed by atoms with Gasteiger partial charge in [-0.15, -0.1) is 11.8 Å². The molecule has 0 aliphatic rings. The van der Waals surface area contributed by atoms with Crippen LogP contribution in [-0.2, 0) is 5.75 Å². The summed E-state index contributed by atoms with van der Waals surface area (Å²) in [4.78, 5) is 28.8. The average Bonchev–Trinajstić information content (AvgIpc) is 2.38. The molecule has 110 valence electrons. The number of benzene rings is 1. The van der Waals surface area contributed by atoms with Crippen LogP contribution in [0.15, 0.2) is 28.0 Å². The van der Waals surface area contributed by atoms with Gasteiger partial charge in [0, 0.05) is 21.5 Å². The molecule has 1 aromatic heterocycles. The number of rotatable bonds is 4. The molecule has 5 nitrogen and oxygen atoms in total. The van der Waals surface area contributed by atoms with E-state index >= 15 is 0 Å². The molecule has 0 aliphatic carbocycles. The minimum atomic E-state index is -1.14. The molecule has 0 fully saturated rings. The fraction of sp³-hybridized carbons (Fsp3) is 0.154. The Labute approximate surface area is 134 Å². The third-order valence-corrected chi connectivity index (χ3v) is 4.30. The van der Waals surface area contributed by atoms with E-state index < -0.39 is 11.7 Å². The van der Waals surface area contributed by atoms with E-state index in [4.69, 9.17) is 23.2 Å². The molecule has 0 aliphatic heterocycles. The predicted molar refractivity (Wildman–Crippen MR) is 82.6 cm³/mol. The number of hydrogen-bond acceptors (Lipinski definition) is 4. The van der Waals surface area contributed by atoms with Crippen LogP contribution in [-0.4, -0.2) is 21.0 Å². The maximum atomic E-state index is 11.4. The summed E-state index contributed by atoms with van der Waals surface area (Å²) >= 11 is 13.1. The lowest BCUT2D eigenvalue weighted by molar-refractivity contribution is 0.0690. The normalized spacial score (nSPS) is 10.6. The largest absolute Gasteiger partial charge is 0.478 e. The first kappa shape index (κ1) is 15.9. The molecular formula is C13H10Cl2N2O3S. The van der Waals surface area contributed by atoms with E-state index in [0.717, 1.165) is 17.3 Å².